The van der Waals surface area contributed by atoms with Gasteiger partial charge in [0, 0.05) is 0 Å². The number of hydrogen-bond donors (Lipinski definition) is 0. The molecule has 1 unspecified atom stereocenters. The summed E-state index contributed by atoms with van der Waals surface area (Å²) in [6.45, 7) is 8.90. The molecule has 7 heteroatoms. The zero-order chi connectivity index (χ0) is 32.4. The fraction of sp³-hybridized carbons (Fsp3) is 0.316. The Morgan fingerprint density at radius 1 is 0.756 bits per heavy atom. The molecule has 0 amide bonds. The van der Waals surface area contributed by atoms with Gasteiger partial charge >= 0.3 is 18.1 Å². The molecule has 0 spiro atoms. The van der Waals surface area contributed by atoms with E-state index in [0.29, 0.717) is 16.9 Å². The molecule has 0 N–H and O–H groups in total. The standard InChI is InChI=1S/C38H37F3O4/c1-36(2)20-21-37(3,4)33-23-28(14-19-32(33)36)31(22-25-10-15-29(16-11-25)38(39,40)41)35(43)45-30-17-12-26(13-18-30)24-44-34(42)27-8-6-5-7-9-27/h5-19,23,31H,20-22,24H2,1-4H3. The Balaban J connectivity index is 1.38. The third-order valence-corrected chi connectivity index (χ3v) is 8.81. The van der Waals surface area contributed by atoms with Crippen LogP contribution < -0.4 is 4.74 Å². The van der Waals surface area contributed by atoms with E-state index in [0.717, 1.165) is 36.1 Å². The van der Waals surface area contributed by atoms with Gasteiger partial charge in [-0.15, -0.1) is 0 Å². The Hall–Kier alpha value is -4.39. The van der Waals surface area contributed by atoms with Crippen molar-refractivity contribution >= 4 is 11.9 Å². The molecule has 1 aliphatic carbocycles. The fourth-order valence-electron chi connectivity index (χ4n) is 5.87. The molecule has 4 aromatic carbocycles. The van der Waals surface area contributed by atoms with Crippen LogP contribution in [-0.4, -0.2) is 11.9 Å². The second-order valence-corrected chi connectivity index (χ2v) is 13.0. The molecule has 0 aliphatic heterocycles. The SMILES string of the molecule is CC1(C)CCC(C)(C)c2cc(C(Cc3ccc(C(F)(F)F)cc3)C(=O)Oc3ccc(COC(=O)c4ccccc4)cc3)ccc21. The van der Waals surface area contributed by atoms with Crippen molar-refractivity contribution in [3.8, 4) is 5.75 Å². The number of hydrogen-bond acceptors (Lipinski definition) is 4. The van der Waals surface area contributed by atoms with Gasteiger partial charge in [-0.2, -0.15) is 13.2 Å². The third kappa shape index (κ3) is 7.47. The molecule has 234 valence electrons. The lowest BCUT2D eigenvalue weighted by atomic mass is 9.62. The van der Waals surface area contributed by atoms with Gasteiger partial charge in [0.15, 0.2) is 0 Å². The van der Waals surface area contributed by atoms with Crippen molar-refractivity contribution in [2.75, 3.05) is 0 Å². The van der Waals surface area contributed by atoms with Crippen molar-refractivity contribution in [3.05, 3.63) is 136 Å². The maximum atomic E-state index is 13.8. The summed E-state index contributed by atoms with van der Waals surface area (Å²) in [7, 11) is 0. The summed E-state index contributed by atoms with van der Waals surface area (Å²) in [5.74, 6) is -1.38. The topological polar surface area (TPSA) is 52.6 Å². The summed E-state index contributed by atoms with van der Waals surface area (Å²) in [6.07, 6.45) is -2.23. The molecule has 0 aromatic heterocycles. The highest BCUT2D eigenvalue weighted by molar-refractivity contribution is 5.89. The van der Waals surface area contributed by atoms with Crippen LogP contribution >= 0.6 is 0 Å². The molecular weight excluding hydrogens is 577 g/mol. The zero-order valence-electron chi connectivity index (χ0n) is 25.9. The van der Waals surface area contributed by atoms with Crippen molar-refractivity contribution in [3.63, 3.8) is 0 Å². The van der Waals surface area contributed by atoms with E-state index >= 15 is 0 Å². The van der Waals surface area contributed by atoms with Crippen LogP contribution in [0.2, 0.25) is 0 Å². The van der Waals surface area contributed by atoms with Gasteiger partial charge in [-0.05, 0) is 94.3 Å². The highest BCUT2D eigenvalue weighted by Gasteiger charge is 2.38. The third-order valence-electron chi connectivity index (χ3n) is 8.81. The Bertz CT molecular complexity index is 1650. The normalized spacial score (nSPS) is 15.9. The molecule has 0 radical (unpaired) electrons. The lowest BCUT2D eigenvalue weighted by Gasteiger charge is -2.42. The van der Waals surface area contributed by atoms with E-state index in [1.165, 1.54) is 23.3 Å². The van der Waals surface area contributed by atoms with Crippen LogP contribution in [0.25, 0.3) is 0 Å². The first-order valence-corrected chi connectivity index (χ1v) is 15.1. The van der Waals surface area contributed by atoms with Crippen LogP contribution in [-0.2, 0) is 39.6 Å². The minimum atomic E-state index is -4.44. The lowest BCUT2D eigenvalue weighted by Crippen LogP contribution is -2.34. The van der Waals surface area contributed by atoms with E-state index in [1.807, 2.05) is 12.1 Å². The molecule has 0 heterocycles. The molecule has 4 aromatic rings. The highest BCUT2D eigenvalue weighted by Crippen LogP contribution is 2.46. The molecular formula is C38H37F3O4. The second-order valence-electron chi connectivity index (χ2n) is 13.0. The van der Waals surface area contributed by atoms with Crippen LogP contribution in [0, 0.1) is 0 Å². The summed E-state index contributed by atoms with van der Waals surface area (Å²) < 4.78 is 50.9. The summed E-state index contributed by atoms with van der Waals surface area (Å²) >= 11 is 0. The first kappa shape index (κ1) is 32.0. The van der Waals surface area contributed by atoms with Gasteiger partial charge < -0.3 is 9.47 Å². The van der Waals surface area contributed by atoms with E-state index in [-0.39, 0.29) is 23.9 Å². The predicted octanol–water partition coefficient (Wildman–Crippen LogP) is 9.34. The molecule has 0 saturated carbocycles. The van der Waals surface area contributed by atoms with Crippen molar-refractivity contribution in [1.82, 2.24) is 0 Å². The second kappa shape index (κ2) is 12.5. The van der Waals surface area contributed by atoms with Crippen LogP contribution in [0.5, 0.6) is 5.75 Å². The van der Waals surface area contributed by atoms with Crippen molar-refractivity contribution in [2.45, 2.75) is 76.5 Å². The maximum Gasteiger partial charge on any atom is 0.416 e. The van der Waals surface area contributed by atoms with Gasteiger partial charge in [-0.25, -0.2) is 4.79 Å². The van der Waals surface area contributed by atoms with Gasteiger partial charge in [-0.3, -0.25) is 4.79 Å². The number of fused-ring (bicyclic) bond motifs is 1. The first-order chi connectivity index (χ1) is 21.2. The number of esters is 2. The van der Waals surface area contributed by atoms with Gasteiger partial charge in [0.2, 0.25) is 0 Å². The van der Waals surface area contributed by atoms with E-state index in [4.69, 9.17) is 9.47 Å². The van der Waals surface area contributed by atoms with Crippen molar-refractivity contribution in [2.24, 2.45) is 0 Å². The summed E-state index contributed by atoms with van der Waals surface area (Å²) in [5.41, 5.74) is 4.11. The number of alkyl halides is 3. The molecule has 1 aliphatic rings. The van der Waals surface area contributed by atoms with Crippen LogP contribution in [0.4, 0.5) is 13.2 Å². The van der Waals surface area contributed by atoms with E-state index in [1.54, 1.807) is 48.5 Å². The average molecular weight is 615 g/mol. The molecule has 0 fully saturated rings. The number of ether oxygens (including phenoxy) is 2. The zero-order valence-corrected chi connectivity index (χ0v) is 25.9. The van der Waals surface area contributed by atoms with Crippen LogP contribution in [0.3, 0.4) is 0 Å². The average Bonchev–Trinajstić information content (AvgIpc) is 3.01. The summed E-state index contributed by atoms with van der Waals surface area (Å²) in [5, 5.41) is 0. The highest BCUT2D eigenvalue weighted by atomic mass is 19.4. The smallest absolute Gasteiger partial charge is 0.416 e. The van der Waals surface area contributed by atoms with Crippen LogP contribution in [0.15, 0.2) is 97.1 Å². The van der Waals surface area contributed by atoms with Gasteiger partial charge in [-0.1, -0.05) is 88.4 Å². The maximum absolute atomic E-state index is 13.8. The minimum Gasteiger partial charge on any atom is -0.457 e. The van der Waals surface area contributed by atoms with Gasteiger partial charge in [0.05, 0.1) is 17.0 Å². The Kier molecular flexibility index (Phi) is 8.92. The Morgan fingerprint density at radius 3 is 1.98 bits per heavy atom. The number of carbonyl (C=O) groups excluding carboxylic acids is 2. The number of rotatable bonds is 8. The molecule has 0 saturated heterocycles. The molecule has 0 bridgehead atoms. The van der Waals surface area contributed by atoms with Crippen molar-refractivity contribution in [1.29, 1.82) is 0 Å². The van der Waals surface area contributed by atoms with Gasteiger partial charge in [0.1, 0.15) is 12.4 Å². The summed E-state index contributed by atoms with van der Waals surface area (Å²) in [6, 6.07) is 26.4. The molecule has 1 atom stereocenters. The Morgan fingerprint density at radius 2 is 1.36 bits per heavy atom. The van der Waals surface area contributed by atoms with E-state index in [9.17, 15) is 22.8 Å². The predicted molar refractivity (Wildman–Crippen MR) is 167 cm³/mol. The first-order valence-electron chi connectivity index (χ1n) is 15.1. The molecule has 45 heavy (non-hydrogen) atoms. The van der Waals surface area contributed by atoms with Crippen LogP contribution in [0.1, 0.15) is 90.2 Å². The van der Waals surface area contributed by atoms with E-state index in [2.05, 4.69) is 39.8 Å². The monoisotopic (exact) mass is 614 g/mol. The van der Waals surface area contributed by atoms with Crippen molar-refractivity contribution < 1.29 is 32.2 Å². The largest absolute Gasteiger partial charge is 0.457 e. The fourth-order valence-corrected chi connectivity index (χ4v) is 5.87. The van der Waals surface area contributed by atoms with E-state index < -0.39 is 29.6 Å². The number of halogens is 3. The molecule has 4 nitrogen and oxygen atoms in total. The summed E-state index contributed by atoms with van der Waals surface area (Å²) in [4.78, 5) is 26.1. The number of benzene rings is 4. The lowest BCUT2D eigenvalue weighted by molar-refractivity contribution is -0.138. The Labute approximate surface area is 262 Å². The van der Waals surface area contributed by atoms with Gasteiger partial charge in [0.25, 0.3) is 0 Å². The minimum absolute atomic E-state index is 0.00994. The number of carbonyl (C=O) groups is 2. The quantitative estimate of drug-likeness (QED) is 0.147. The molecule has 5 rings (SSSR count).